The first-order valence-corrected chi connectivity index (χ1v) is 17.1. The highest BCUT2D eigenvalue weighted by Gasteiger charge is 2.19. The van der Waals surface area contributed by atoms with Crippen molar-refractivity contribution in [1.82, 2.24) is 19.5 Å². The van der Waals surface area contributed by atoms with Crippen molar-refractivity contribution in [3.05, 3.63) is 170 Å². The van der Waals surface area contributed by atoms with E-state index >= 15 is 0 Å². The maximum Gasteiger partial charge on any atom is 0.163 e. The maximum absolute atomic E-state index is 6.26. The van der Waals surface area contributed by atoms with Crippen molar-refractivity contribution in [1.29, 1.82) is 0 Å². The topological polar surface area (TPSA) is 56.7 Å². The van der Waals surface area contributed by atoms with E-state index in [1.807, 2.05) is 49.4 Å². The van der Waals surface area contributed by atoms with Crippen LogP contribution >= 0.6 is 0 Å². The summed E-state index contributed by atoms with van der Waals surface area (Å²) in [6, 6.07) is 57.3. The summed E-state index contributed by atoms with van der Waals surface area (Å²) in [5, 5.41) is 4.63. The lowest BCUT2D eigenvalue weighted by Gasteiger charge is -2.16. The van der Waals surface area contributed by atoms with Crippen molar-refractivity contribution >= 4 is 43.7 Å². The van der Waals surface area contributed by atoms with Gasteiger partial charge in [-0.15, -0.1) is 0 Å². The number of hydrogen-bond donors (Lipinski definition) is 0. The summed E-state index contributed by atoms with van der Waals surface area (Å²) in [5.74, 6) is 1.99. The van der Waals surface area contributed by atoms with Gasteiger partial charge in [-0.2, -0.15) is 0 Å². The number of rotatable bonds is 5. The van der Waals surface area contributed by atoms with Crippen LogP contribution in [0.1, 0.15) is 5.82 Å². The number of benzene rings is 7. The SMILES string of the molecule is Cc1nc(-c2ccccc2)nc(-c2ccc(-c3ccccc3)c(-n3c4ccccc4c4cc(-c5ccc6c(c5)oc5ccccc56)ccc43)c2)n1. The van der Waals surface area contributed by atoms with Gasteiger partial charge in [-0.3, -0.25) is 0 Å². The Labute approximate surface area is 294 Å². The van der Waals surface area contributed by atoms with Gasteiger partial charge in [-0.25, -0.2) is 15.0 Å². The summed E-state index contributed by atoms with van der Waals surface area (Å²) >= 11 is 0. The zero-order chi connectivity index (χ0) is 33.9. The van der Waals surface area contributed by atoms with Crippen LogP contribution in [0, 0.1) is 6.92 Å². The second-order valence-corrected chi connectivity index (χ2v) is 12.9. The molecule has 51 heavy (non-hydrogen) atoms. The summed E-state index contributed by atoms with van der Waals surface area (Å²) in [4.78, 5) is 14.5. The van der Waals surface area contributed by atoms with E-state index < -0.39 is 0 Å². The highest BCUT2D eigenvalue weighted by molar-refractivity contribution is 6.11. The third kappa shape index (κ3) is 4.90. The lowest BCUT2D eigenvalue weighted by atomic mass is 10.00. The monoisotopic (exact) mass is 654 g/mol. The fourth-order valence-corrected chi connectivity index (χ4v) is 7.36. The number of nitrogens with zero attached hydrogens (tertiary/aromatic N) is 4. The van der Waals surface area contributed by atoms with Crippen LogP contribution < -0.4 is 0 Å². The number of fused-ring (bicyclic) bond motifs is 6. The van der Waals surface area contributed by atoms with Gasteiger partial charge in [0.15, 0.2) is 11.6 Å². The average molecular weight is 655 g/mol. The van der Waals surface area contributed by atoms with Crippen LogP contribution in [-0.2, 0) is 0 Å². The normalized spacial score (nSPS) is 11.6. The van der Waals surface area contributed by atoms with Crippen LogP contribution in [0.5, 0.6) is 0 Å². The highest BCUT2D eigenvalue weighted by atomic mass is 16.3. The van der Waals surface area contributed by atoms with Gasteiger partial charge in [0.2, 0.25) is 0 Å². The predicted octanol–water partition coefficient (Wildman–Crippen LogP) is 11.8. The first-order chi connectivity index (χ1) is 25.2. The largest absolute Gasteiger partial charge is 0.456 e. The molecule has 0 saturated carbocycles. The zero-order valence-electron chi connectivity index (χ0n) is 27.8. The van der Waals surface area contributed by atoms with Gasteiger partial charge in [-0.05, 0) is 66.1 Å². The van der Waals surface area contributed by atoms with E-state index in [4.69, 9.17) is 14.4 Å². The number of para-hydroxylation sites is 2. The van der Waals surface area contributed by atoms with E-state index in [1.54, 1.807) is 0 Å². The Kier molecular flexibility index (Phi) is 6.64. The third-order valence-corrected chi connectivity index (χ3v) is 9.75. The van der Waals surface area contributed by atoms with Crippen LogP contribution in [0.15, 0.2) is 168 Å². The molecule has 0 aliphatic carbocycles. The Bertz CT molecular complexity index is 2920. The molecule has 3 heterocycles. The minimum Gasteiger partial charge on any atom is -0.456 e. The molecule has 0 bridgehead atoms. The minimum atomic E-state index is 0.645. The molecule has 240 valence electrons. The Morgan fingerprint density at radius 3 is 1.84 bits per heavy atom. The first-order valence-electron chi connectivity index (χ1n) is 17.1. The van der Waals surface area contributed by atoms with Crippen molar-refractivity contribution in [3.63, 3.8) is 0 Å². The average Bonchev–Trinajstić information content (AvgIpc) is 3.73. The van der Waals surface area contributed by atoms with Gasteiger partial charge < -0.3 is 8.98 Å². The van der Waals surface area contributed by atoms with Crippen molar-refractivity contribution in [2.45, 2.75) is 6.92 Å². The molecule has 0 N–H and O–H groups in total. The van der Waals surface area contributed by atoms with Crippen LogP contribution in [0.2, 0.25) is 0 Å². The summed E-state index contributed by atoms with van der Waals surface area (Å²) in [6.07, 6.45) is 0. The Balaban J connectivity index is 1.18. The second kappa shape index (κ2) is 11.6. The van der Waals surface area contributed by atoms with Crippen molar-refractivity contribution in [2.75, 3.05) is 0 Å². The summed E-state index contributed by atoms with van der Waals surface area (Å²) in [5.41, 5.74) is 11.5. The molecule has 10 rings (SSSR count). The summed E-state index contributed by atoms with van der Waals surface area (Å²) in [6.45, 7) is 1.92. The lowest BCUT2D eigenvalue weighted by molar-refractivity contribution is 0.669. The first kappa shape index (κ1) is 29.1. The van der Waals surface area contributed by atoms with Crippen LogP contribution in [0.4, 0.5) is 0 Å². The molecule has 0 unspecified atom stereocenters. The molecule has 0 radical (unpaired) electrons. The van der Waals surface area contributed by atoms with Crippen LogP contribution in [-0.4, -0.2) is 19.5 Å². The zero-order valence-corrected chi connectivity index (χ0v) is 27.8. The van der Waals surface area contributed by atoms with Gasteiger partial charge in [-0.1, -0.05) is 121 Å². The quantitative estimate of drug-likeness (QED) is 0.185. The molecular formula is C46H30N4O. The fraction of sp³-hybridized carbons (Fsp3) is 0.0217. The minimum absolute atomic E-state index is 0.645. The molecule has 5 nitrogen and oxygen atoms in total. The number of hydrogen-bond acceptors (Lipinski definition) is 4. The molecule has 5 heteroatoms. The van der Waals surface area contributed by atoms with E-state index in [0.717, 1.165) is 72.0 Å². The fourth-order valence-electron chi connectivity index (χ4n) is 7.36. The van der Waals surface area contributed by atoms with Crippen molar-refractivity contribution < 1.29 is 4.42 Å². The molecule has 7 aromatic carbocycles. The molecule has 0 fully saturated rings. The van der Waals surface area contributed by atoms with Gasteiger partial charge in [0.05, 0.1) is 16.7 Å². The van der Waals surface area contributed by atoms with Gasteiger partial charge >= 0.3 is 0 Å². The molecule has 0 aliphatic heterocycles. The molecule has 0 saturated heterocycles. The lowest BCUT2D eigenvalue weighted by Crippen LogP contribution is -2.02. The number of aromatic nitrogens is 4. The molecule has 10 aromatic rings. The van der Waals surface area contributed by atoms with Crippen molar-refractivity contribution in [2.24, 2.45) is 0 Å². The molecular weight excluding hydrogens is 625 g/mol. The summed E-state index contributed by atoms with van der Waals surface area (Å²) in [7, 11) is 0. The van der Waals surface area contributed by atoms with Gasteiger partial charge in [0.1, 0.15) is 17.0 Å². The Morgan fingerprint density at radius 2 is 1.02 bits per heavy atom. The Hall–Kier alpha value is -6.85. The standard InChI is InChI=1S/C46H30N4O/c1-29-47-45(31-14-6-3-7-15-31)49-46(48-29)34-21-23-35(30-12-4-2-5-13-30)42(27-34)50-40-18-10-8-16-36(40)39-26-32(22-25-41(39)50)33-20-24-38-37-17-9-11-19-43(37)51-44(38)28-33/h2-28H,1H3. The molecule has 0 aliphatic rings. The molecule has 0 amide bonds. The number of aryl methyl sites for hydroxylation is 1. The Morgan fingerprint density at radius 1 is 0.412 bits per heavy atom. The second-order valence-electron chi connectivity index (χ2n) is 12.9. The molecule has 3 aromatic heterocycles. The number of furan rings is 1. The van der Waals surface area contributed by atoms with Crippen molar-refractivity contribution in [3.8, 4) is 50.7 Å². The van der Waals surface area contributed by atoms with Gasteiger partial charge in [0.25, 0.3) is 0 Å². The van der Waals surface area contributed by atoms with E-state index in [-0.39, 0.29) is 0 Å². The van der Waals surface area contributed by atoms with Gasteiger partial charge in [0, 0.05) is 38.2 Å². The predicted molar refractivity (Wildman–Crippen MR) is 208 cm³/mol. The molecule has 0 atom stereocenters. The van der Waals surface area contributed by atoms with E-state index in [1.165, 1.54) is 10.8 Å². The third-order valence-electron chi connectivity index (χ3n) is 9.75. The van der Waals surface area contributed by atoms with Crippen LogP contribution in [0.25, 0.3) is 94.5 Å². The van der Waals surface area contributed by atoms with Crippen LogP contribution in [0.3, 0.4) is 0 Å². The van der Waals surface area contributed by atoms with E-state index in [0.29, 0.717) is 17.5 Å². The van der Waals surface area contributed by atoms with E-state index in [2.05, 4.69) is 131 Å². The summed E-state index contributed by atoms with van der Waals surface area (Å²) < 4.78 is 8.64. The van der Waals surface area contributed by atoms with E-state index in [9.17, 15) is 0 Å². The highest BCUT2D eigenvalue weighted by Crippen LogP contribution is 2.40. The smallest absolute Gasteiger partial charge is 0.163 e. The maximum atomic E-state index is 6.26. The molecule has 0 spiro atoms.